The first-order chi connectivity index (χ1) is 15.0. The molecule has 31 heavy (non-hydrogen) atoms. The van der Waals surface area contributed by atoms with Crippen LogP contribution in [0.5, 0.6) is 0 Å². The van der Waals surface area contributed by atoms with Crippen LogP contribution in [-0.2, 0) is 16.1 Å². The maximum absolute atomic E-state index is 13.4. The first-order valence-corrected chi connectivity index (χ1v) is 11.5. The van der Waals surface area contributed by atoms with Gasteiger partial charge < -0.3 is 4.74 Å². The number of carbonyl (C=O) groups is 1. The molecular formula is C23H26FN3O3S. The van der Waals surface area contributed by atoms with Gasteiger partial charge in [0, 0.05) is 24.2 Å². The van der Waals surface area contributed by atoms with Crippen LogP contribution in [0.2, 0.25) is 0 Å². The Balaban J connectivity index is 1.43. The lowest BCUT2D eigenvalue weighted by Gasteiger charge is -2.36. The van der Waals surface area contributed by atoms with E-state index in [4.69, 9.17) is 4.74 Å². The highest BCUT2D eigenvalue weighted by atomic mass is 32.1. The summed E-state index contributed by atoms with van der Waals surface area (Å²) in [7, 11) is 0. The number of ether oxygens (including phenoxy) is 1. The van der Waals surface area contributed by atoms with Gasteiger partial charge in [-0.1, -0.05) is 12.1 Å². The van der Waals surface area contributed by atoms with Gasteiger partial charge in [-0.05, 0) is 62.4 Å². The molecule has 164 valence electrons. The molecule has 8 heteroatoms. The van der Waals surface area contributed by atoms with Gasteiger partial charge in [0.15, 0.2) is 4.96 Å². The van der Waals surface area contributed by atoms with Gasteiger partial charge in [0.2, 0.25) is 0 Å². The van der Waals surface area contributed by atoms with Gasteiger partial charge >= 0.3 is 5.97 Å². The van der Waals surface area contributed by atoms with Crippen molar-refractivity contribution in [3.05, 3.63) is 69.3 Å². The molecule has 3 heterocycles. The number of carbonyl (C=O) groups excluding carboxylic acids is 1. The van der Waals surface area contributed by atoms with Crippen molar-refractivity contribution in [3.8, 4) is 0 Å². The Morgan fingerprint density at radius 3 is 2.74 bits per heavy atom. The van der Waals surface area contributed by atoms with E-state index in [9.17, 15) is 14.0 Å². The highest BCUT2D eigenvalue weighted by Gasteiger charge is 2.30. The molecule has 0 aliphatic carbocycles. The summed E-state index contributed by atoms with van der Waals surface area (Å²) in [5.41, 5.74) is 1.71. The zero-order valence-electron chi connectivity index (χ0n) is 17.5. The van der Waals surface area contributed by atoms with E-state index in [2.05, 4.69) is 9.88 Å². The first-order valence-electron chi connectivity index (χ1n) is 10.6. The largest absolute Gasteiger partial charge is 0.466 e. The molecular weight excluding hydrogens is 417 g/mol. The van der Waals surface area contributed by atoms with Crippen LogP contribution in [0.15, 0.2) is 46.7 Å². The molecule has 1 atom stereocenters. The van der Waals surface area contributed by atoms with Crippen molar-refractivity contribution in [3.63, 3.8) is 0 Å². The fourth-order valence-electron chi connectivity index (χ4n) is 4.38. The second-order valence-electron chi connectivity index (χ2n) is 7.92. The molecule has 0 radical (unpaired) electrons. The molecule has 6 nitrogen and oxygen atoms in total. The summed E-state index contributed by atoms with van der Waals surface area (Å²) in [6.45, 7) is 4.51. The van der Waals surface area contributed by atoms with E-state index in [-0.39, 0.29) is 23.3 Å². The van der Waals surface area contributed by atoms with Crippen LogP contribution in [0, 0.1) is 11.7 Å². The number of esters is 1. The Morgan fingerprint density at radius 2 is 2.03 bits per heavy atom. The number of rotatable bonds is 7. The minimum Gasteiger partial charge on any atom is -0.466 e. The van der Waals surface area contributed by atoms with Crippen LogP contribution in [0.25, 0.3) is 4.96 Å². The van der Waals surface area contributed by atoms with Gasteiger partial charge in [-0.15, -0.1) is 11.3 Å². The van der Waals surface area contributed by atoms with E-state index < -0.39 is 0 Å². The molecule has 4 rings (SSSR count). The lowest BCUT2D eigenvalue weighted by Crippen LogP contribution is -2.36. The van der Waals surface area contributed by atoms with Gasteiger partial charge in [-0.25, -0.2) is 9.37 Å². The van der Waals surface area contributed by atoms with E-state index >= 15 is 0 Å². The van der Waals surface area contributed by atoms with Crippen molar-refractivity contribution in [2.24, 2.45) is 5.92 Å². The fourth-order valence-corrected chi connectivity index (χ4v) is 5.12. The number of nitrogens with zero attached hydrogens (tertiary/aromatic N) is 3. The first kappa shape index (κ1) is 21.6. The molecule has 1 aliphatic heterocycles. The van der Waals surface area contributed by atoms with Crippen LogP contribution >= 0.6 is 11.3 Å². The number of hydrogen-bond donors (Lipinski definition) is 0. The molecule has 0 N–H and O–H groups in total. The van der Waals surface area contributed by atoms with Crippen molar-refractivity contribution in [1.82, 2.24) is 14.3 Å². The van der Waals surface area contributed by atoms with E-state index in [1.165, 1.54) is 23.5 Å². The normalized spacial score (nSPS) is 16.5. The van der Waals surface area contributed by atoms with E-state index in [0.29, 0.717) is 30.5 Å². The maximum atomic E-state index is 13.4. The SMILES string of the molecule is CCOC(=O)CC(c1ccc(F)cc1)C1CCN(Cc2cc(=O)n3ccsc3n2)CC1. The second kappa shape index (κ2) is 9.70. The Hall–Kier alpha value is -2.58. The van der Waals surface area contributed by atoms with E-state index in [0.717, 1.165) is 37.2 Å². The molecule has 1 aromatic carbocycles. The lowest BCUT2D eigenvalue weighted by molar-refractivity contribution is -0.144. The van der Waals surface area contributed by atoms with E-state index in [1.807, 2.05) is 5.38 Å². The molecule has 1 aliphatic rings. The Labute approximate surface area is 184 Å². The average molecular weight is 444 g/mol. The third kappa shape index (κ3) is 5.19. The predicted octanol–water partition coefficient (Wildman–Crippen LogP) is 3.84. The second-order valence-corrected chi connectivity index (χ2v) is 8.80. The maximum Gasteiger partial charge on any atom is 0.306 e. The van der Waals surface area contributed by atoms with Crippen molar-refractivity contribution >= 4 is 22.3 Å². The van der Waals surface area contributed by atoms with Crippen LogP contribution in [0.1, 0.15) is 43.4 Å². The monoisotopic (exact) mass is 443 g/mol. The summed E-state index contributed by atoms with van der Waals surface area (Å²) < 4.78 is 20.2. The van der Waals surface area contributed by atoms with Crippen LogP contribution in [0.3, 0.4) is 0 Å². The molecule has 0 bridgehead atoms. The average Bonchev–Trinajstić information content (AvgIpc) is 3.23. The Bertz CT molecular complexity index is 1090. The fraction of sp³-hybridized carbons (Fsp3) is 0.435. The van der Waals surface area contributed by atoms with Crippen molar-refractivity contribution < 1.29 is 13.9 Å². The third-order valence-electron chi connectivity index (χ3n) is 5.93. The Morgan fingerprint density at radius 1 is 1.29 bits per heavy atom. The summed E-state index contributed by atoms with van der Waals surface area (Å²) in [5, 5.41) is 1.86. The Kier molecular flexibility index (Phi) is 6.77. The number of halogens is 1. The smallest absolute Gasteiger partial charge is 0.306 e. The van der Waals surface area contributed by atoms with E-state index in [1.54, 1.807) is 35.7 Å². The summed E-state index contributed by atoms with van der Waals surface area (Å²) in [5.74, 6) is -0.177. The number of aromatic nitrogens is 2. The molecule has 1 unspecified atom stereocenters. The minimum atomic E-state index is -0.278. The summed E-state index contributed by atoms with van der Waals surface area (Å²) in [4.78, 5) is 32.0. The van der Waals surface area contributed by atoms with Crippen LogP contribution < -0.4 is 5.56 Å². The molecule has 1 saturated heterocycles. The molecule has 2 aromatic heterocycles. The van der Waals surface area contributed by atoms with Crippen molar-refractivity contribution in [1.29, 1.82) is 0 Å². The van der Waals surface area contributed by atoms with Crippen LogP contribution in [0.4, 0.5) is 4.39 Å². The van der Waals surface area contributed by atoms with Gasteiger partial charge in [0.1, 0.15) is 5.82 Å². The van der Waals surface area contributed by atoms with Gasteiger partial charge in [-0.2, -0.15) is 0 Å². The summed E-state index contributed by atoms with van der Waals surface area (Å²) in [6.07, 6.45) is 3.88. The quantitative estimate of drug-likeness (QED) is 0.519. The minimum absolute atomic E-state index is 0.00652. The standard InChI is InChI=1S/C23H26FN3O3S/c1-2-30-22(29)14-20(16-3-5-18(24)6-4-16)17-7-9-26(10-8-17)15-19-13-21(28)27-11-12-31-23(27)25-19/h3-6,11-13,17,20H,2,7-10,14-15H2,1H3. The highest BCUT2D eigenvalue weighted by molar-refractivity contribution is 7.15. The molecule has 0 saturated carbocycles. The van der Waals surface area contributed by atoms with Crippen molar-refractivity contribution in [2.75, 3.05) is 19.7 Å². The van der Waals surface area contributed by atoms with Crippen molar-refractivity contribution in [2.45, 2.75) is 38.6 Å². The zero-order chi connectivity index (χ0) is 21.8. The summed E-state index contributed by atoms with van der Waals surface area (Å²) >= 11 is 1.45. The van der Waals surface area contributed by atoms with Gasteiger partial charge in [-0.3, -0.25) is 18.9 Å². The summed E-state index contributed by atoms with van der Waals surface area (Å²) in [6, 6.07) is 8.06. The topological polar surface area (TPSA) is 63.9 Å². The third-order valence-corrected chi connectivity index (χ3v) is 6.69. The highest BCUT2D eigenvalue weighted by Crippen LogP contribution is 2.36. The molecule has 0 spiro atoms. The number of hydrogen-bond acceptors (Lipinski definition) is 6. The number of benzene rings is 1. The number of likely N-dealkylation sites (tertiary alicyclic amines) is 1. The lowest BCUT2D eigenvalue weighted by atomic mass is 9.78. The molecule has 0 amide bonds. The number of thiazole rings is 1. The molecule has 3 aromatic rings. The van der Waals surface area contributed by atoms with Gasteiger partial charge in [0.05, 0.1) is 18.7 Å². The predicted molar refractivity (Wildman–Crippen MR) is 118 cm³/mol. The number of fused-ring (bicyclic) bond motifs is 1. The number of piperidine rings is 1. The zero-order valence-corrected chi connectivity index (χ0v) is 18.3. The molecule has 1 fully saturated rings. The van der Waals surface area contributed by atoms with Gasteiger partial charge in [0.25, 0.3) is 5.56 Å². The van der Waals surface area contributed by atoms with Crippen LogP contribution in [-0.4, -0.2) is 40.0 Å².